The van der Waals surface area contributed by atoms with Crippen LogP contribution in [0.2, 0.25) is 0 Å². The number of aryl methyl sites for hydroxylation is 1. The average molecular weight is 382 g/mol. The molecule has 0 aliphatic rings. The van der Waals surface area contributed by atoms with Gasteiger partial charge in [-0.25, -0.2) is 0 Å². The van der Waals surface area contributed by atoms with Crippen molar-refractivity contribution in [3.8, 4) is 0 Å². The van der Waals surface area contributed by atoms with E-state index in [-0.39, 0.29) is 11.8 Å². The molecule has 0 aliphatic carbocycles. The topological polar surface area (TPSA) is 97.1 Å². The van der Waals surface area contributed by atoms with E-state index in [9.17, 15) is 9.59 Å². The predicted octanol–water partition coefficient (Wildman–Crippen LogP) is 3.88. The molecule has 3 aromatic rings. The fraction of sp³-hybridized carbons (Fsp3) is 0.158. The summed E-state index contributed by atoms with van der Waals surface area (Å²) in [6.45, 7) is 3.19. The van der Waals surface area contributed by atoms with Crippen molar-refractivity contribution < 1.29 is 14.1 Å². The van der Waals surface area contributed by atoms with E-state index in [1.165, 1.54) is 18.7 Å². The lowest BCUT2D eigenvalue weighted by Crippen LogP contribution is -2.13. The zero-order valence-electron chi connectivity index (χ0n) is 14.9. The summed E-state index contributed by atoms with van der Waals surface area (Å²) in [4.78, 5) is 28.9. The van der Waals surface area contributed by atoms with Crippen molar-refractivity contribution in [2.75, 3.05) is 10.6 Å². The van der Waals surface area contributed by atoms with E-state index in [2.05, 4.69) is 20.8 Å². The maximum Gasteiger partial charge on any atom is 0.256 e. The Morgan fingerprint density at radius 1 is 1.07 bits per heavy atom. The van der Waals surface area contributed by atoms with Gasteiger partial charge in [0, 0.05) is 23.2 Å². The van der Waals surface area contributed by atoms with E-state index in [0.29, 0.717) is 34.4 Å². The number of nitrogens with zero attached hydrogens (tertiary/aromatic N) is 2. The summed E-state index contributed by atoms with van der Waals surface area (Å²) in [6.07, 6.45) is 0. The number of nitrogens with one attached hydrogen (secondary N) is 2. The van der Waals surface area contributed by atoms with E-state index >= 15 is 0 Å². The van der Waals surface area contributed by atoms with Gasteiger partial charge in [-0.05, 0) is 37.3 Å². The number of carbonyl (C=O) groups is 2. The molecule has 0 aliphatic heterocycles. The first-order chi connectivity index (χ1) is 13.0. The zero-order chi connectivity index (χ0) is 19.2. The maximum atomic E-state index is 12.7. The summed E-state index contributed by atoms with van der Waals surface area (Å²) in [6, 6.07) is 14.3. The average Bonchev–Trinajstić information content (AvgIpc) is 3.05. The van der Waals surface area contributed by atoms with Gasteiger partial charge in [-0.15, -0.1) is 11.8 Å². The maximum absolute atomic E-state index is 12.7. The first-order valence-electron chi connectivity index (χ1n) is 8.21. The van der Waals surface area contributed by atoms with Gasteiger partial charge in [0.05, 0.1) is 11.3 Å². The quantitative estimate of drug-likeness (QED) is 0.628. The third-order valence-corrected chi connectivity index (χ3v) is 4.55. The molecular weight excluding hydrogens is 364 g/mol. The number of thioether (sulfide) groups is 1. The lowest BCUT2D eigenvalue weighted by Gasteiger charge is -2.10. The van der Waals surface area contributed by atoms with Gasteiger partial charge in [0.1, 0.15) is 0 Å². The van der Waals surface area contributed by atoms with Crippen molar-refractivity contribution in [3.05, 3.63) is 65.8 Å². The predicted molar refractivity (Wildman–Crippen MR) is 104 cm³/mol. The third kappa shape index (κ3) is 5.18. The smallest absolute Gasteiger partial charge is 0.256 e. The SMILES string of the molecule is CC(=O)Nc1cccc(NC(=O)c2ccccc2SCc2nc(C)no2)c1. The minimum Gasteiger partial charge on any atom is -0.338 e. The molecule has 0 radical (unpaired) electrons. The molecule has 3 rings (SSSR count). The van der Waals surface area contributed by atoms with Crippen LogP contribution in [0.5, 0.6) is 0 Å². The molecule has 2 amide bonds. The molecule has 0 unspecified atom stereocenters. The van der Waals surface area contributed by atoms with Crippen molar-refractivity contribution in [1.29, 1.82) is 0 Å². The van der Waals surface area contributed by atoms with Gasteiger partial charge in [0.25, 0.3) is 5.91 Å². The molecule has 0 bridgehead atoms. The van der Waals surface area contributed by atoms with Crippen molar-refractivity contribution in [2.45, 2.75) is 24.5 Å². The second kappa shape index (κ2) is 8.50. The van der Waals surface area contributed by atoms with Crippen LogP contribution in [0, 0.1) is 6.92 Å². The summed E-state index contributed by atoms with van der Waals surface area (Å²) in [7, 11) is 0. The summed E-state index contributed by atoms with van der Waals surface area (Å²) in [5.41, 5.74) is 1.76. The number of aromatic nitrogens is 2. The summed E-state index contributed by atoms with van der Waals surface area (Å²) in [5.74, 6) is 1.16. The van der Waals surface area contributed by atoms with Crippen LogP contribution >= 0.6 is 11.8 Å². The minimum atomic E-state index is -0.236. The molecule has 27 heavy (non-hydrogen) atoms. The molecular formula is C19H18N4O3S. The molecule has 2 aromatic carbocycles. The molecule has 0 fully saturated rings. The number of hydrogen-bond donors (Lipinski definition) is 2. The Hall–Kier alpha value is -3.13. The van der Waals surface area contributed by atoms with E-state index in [0.717, 1.165) is 4.90 Å². The number of carbonyl (C=O) groups excluding carboxylic acids is 2. The van der Waals surface area contributed by atoms with Gasteiger partial charge in [-0.3, -0.25) is 9.59 Å². The standard InChI is InChI=1S/C19H18N4O3S/c1-12-20-18(26-23-12)11-27-17-9-4-3-8-16(17)19(25)22-15-7-5-6-14(10-15)21-13(2)24/h3-10H,11H2,1-2H3,(H,21,24)(H,22,25). The Labute approximate surface area is 160 Å². The monoisotopic (exact) mass is 382 g/mol. The Kier molecular flexibility index (Phi) is 5.87. The second-order valence-electron chi connectivity index (χ2n) is 5.74. The molecule has 0 saturated carbocycles. The molecule has 1 heterocycles. The molecule has 0 atom stereocenters. The van der Waals surface area contributed by atoms with Gasteiger partial charge >= 0.3 is 0 Å². The van der Waals surface area contributed by atoms with E-state index in [1.807, 2.05) is 18.2 Å². The van der Waals surface area contributed by atoms with E-state index < -0.39 is 0 Å². The van der Waals surface area contributed by atoms with Crippen molar-refractivity contribution >= 4 is 35.0 Å². The third-order valence-electron chi connectivity index (χ3n) is 3.49. The minimum absolute atomic E-state index is 0.170. The zero-order valence-corrected chi connectivity index (χ0v) is 15.7. The van der Waals surface area contributed by atoms with Crippen LogP contribution in [0.25, 0.3) is 0 Å². The first kappa shape index (κ1) is 18.7. The van der Waals surface area contributed by atoms with E-state index in [4.69, 9.17) is 4.52 Å². The van der Waals surface area contributed by atoms with E-state index in [1.54, 1.807) is 37.3 Å². The first-order valence-corrected chi connectivity index (χ1v) is 9.20. The Morgan fingerprint density at radius 2 is 1.81 bits per heavy atom. The molecule has 0 spiro atoms. The Morgan fingerprint density at radius 3 is 2.52 bits per heavy atom. The summed E-state index contributed by atoms with van der Waals surface area (Å²) < 4.78 is 5.11. The Balaban J connectivity index is 1.72. The largest absolute Gasteiger partial charge is 0.338 e. The molecule has 0 saturated heterocycles. The molecule has 7 nitrogen and oxygen atoms in total. The van der Waals surface area contributed by atoms with Gasteiger partial charge in [-0.1, -0.05) is 23.4 Å². The fourth-order valence-electron chi connectivity index (χ4n) is 2.39. The highest BCUT2D eigenvalue weighted by molar-refractivity contribution is 7.98. The van der Waals surface area contributed by atoms with Crippen LogP contribution in [-0.4, -0.2) is 22.0 Å². The van der Waals surface area contributed by atoms with Crippen molar-refractivity contribution in [1.82, 2.24) is 10.1 Å². The van der Waals surface area contributed by atoms with Crippen LogP contribution < -0.4 is 10.6 Å². The second-order valence-corrected chi connectivity index (χ2v) is 6.75. The normalized spacial score (nSPS) is 10.4. The number of benzene rings is 2. The lowest BCUT2D eigenvalue weighted by atomic mass is 10.2. The molecule has 8 heteroatoms. The highest BCUT2D eigenvalue weighted by Crippen LogP contribution is 2.27. The van der Waals surface area contributed by atoms with Crippen molar-refractivity contribution in [2.24, 2.45) is 0 Å². The summed E-state index contributed by atoms with van der Waals surface area (Å²) in [5, 5.41) is 9.31. The number of amides is 2. The van der Waals surface area contributed by atoms with Gasteiger partial charge < -0.3 is 15.2 Å². The van der Waals surface area contributed by atoms with Crippen molar-refractivity contribution in [3.63, 3.8) is 0 Å². The van der Waals surface area contributed by atoms with Crippen LogP contribution in [-0.2, 0) is 10.5 Å². The van der Waals surface area contributed by atoms with Crippen LogP contribution in [0.15, 0.2) is 57.9 Å². The molecule has 2 N–H and O–H groups in total. The highest BCUT2D eigenvalue weighted by atomic mass is 32.2. The van der Waals surface area contributed by atoms with Gasteiger partial charge in [-0.2, -0.15) is 4.98 Å². The van der Waals surface area contributed by atoms with Crippen LogP contribution in [0.1, 0.15) is 29.0 Å². The highest BCUT2D eigenvalue weighted by Gasteiger charge is 2.13. The molecule has 138 valence electrons. The number of anilines is 2. The Bertz CT molecular complexity index is 971. The summed E-state index contributed by atoms with van der Waals surface area (Å²) >= 11 is 1.45. The fourth-order valence-corrected chi connectivity index (χ4v) is 3.28. The lowest BCUT2D eigenvalue weighted by molar-refractivity contribution is -0.114. The number of hydrogen-bond acceptors (Lipinski definition) is 6. The van der Waals surface area contributed by atoms with Crippen LogP contribution in [0.4, 0.5) is 11.4 Å². The van der Waals surface area contributed by atoms with Gasteiger partial charge in [0.15, 0.2) is 5.82 Å². The number of rotatable bonds is 6. The van der Waals surface area contributed by atoms with Crippen LogP contribution in [0.3, 0.4) is 0 Å². The molecule has 1 aromatic heterocycles. The van der Waals surface area contributed by atoms with Gasteiger partial charge in [0.2, 0.25) is 11.8 Å².